The monoisotopic (exact) mass is 407 g/mol. The van der Waals surface area contributed by atoms with E-state index in [9.17, 15) is 0 Å². The molecule has 1 aromatic heterocycles. The summed E-state index contributed by atoms with van der Waals surface area (Å²) in [6.45, 7) is 16.7. The molecule has 1 N–H and O–H groups in total. The van der Waals surface area contributed by atoms with Gasteiger partial charge in [0.05, 0.1) is 5.52 Å². The summed E-state index contributed by atoms with van der Waals surface area (Å²) in [5.41, 5.74) is 5.80. The predicted molar refractivity (Wildman–Crippen MR) is 131 cm³/mol. The summed E-state index contributed by atoms with van der Waals surface area (Å²) < 4.78 is 0. The number of aromatic nitrogens is 1. The summed E-state index contributed by atoms with van der Waals surface area (Å²) in [5, 5.41) is 5.02. The van der Waals surface area contributed by atoms with E-state index in [2.05, 4.69) is 82.2 Å². The van der Waals surface area contributed by atoms with Gasteiger partial charge < -0.3 is 10.2 Å². The average molecular weight is 408 g/mol. The highest BCUT2D eigenvalue weighted by molar-refractivity contribution is 5.87. The van der Waals surface area contributed by atoms with Gasteiger partial charge in [-0.15, -0.1) is 0 Å². The van der Waals surface area contributed by atoms with Crippen LogP contribution in [0.1, 0.15) is 77.5 Å². The van der Waals surface area contributed by atoms with E-state index in [1.807, 2.05) is 0 Å². The van der Waals surface area contributed by atoms with Crippen molar-refractivity contribution in [2.24, 2.45) is 11.3 Å². The lowest BCUT2D eigenvalue weighted by molar-refractivity contribution is 0.393. The van der Waals surface area contributed by atoms with Crippen LogP contribution in [-0.4, -0.2) is 23.0 Å². The standard InChI is InChI=1S/C24H33N3.C3H8/c1-17(2)9-10-25-23-21-15-24(3,4)14-20(21)19-8-7-18(13-22(19)26-23)16-27-11-5-6-12-27;1-3-2/h5,7-8,11,13,17H,6,9-10,12,14-16H2,1-4H3,(H,25,26);3H2,1-2H3. The normalized spacial score (nSPS) is 16.7. The number of benzene rings is 1. The number of nitrogens with one attached hydrogen (secondary N) is 1. The van der Waals surface area contributed by atoms with Crippen LogP contribution in [0.3, 0.4) is 0 Å². The largest absolute Gasteiger partial charge is 0.373 e. The van der Waals surface area contributed by atoms with Crippen LogP contribution in [0.4, 0.5) is 5.82 Å². The molecular formula is C27H41N3. The maximum Gasteiger partial charge on any atom is 0.130 e. The van der Waals surface area contributed by atoms with Crippen LogP contribution in [-0.2, 0) is 19.4 Å². The summed E-state index contributed by atoms with van der Waals surface area (Å²) in [6, 6.07) is 6.92. The number of pyridine rings is 1. The topological polar surface area (TPSA) is 28.2 Å². The summed E-state index contributed by atoms with van der Waals surface area (Å²) in [7, 11) is 0. The zero-order chi connectivity index (χ0) is 21.7. The number of fused-ring (bicyclic) bond motifs is 3. The van der Waals surface area contributed by atoms with Gasteiger partial charge >= 0.3 is 0 Å². The molecule has 0 amide bonds. The SMILES string of the molecule is CC(C)CCNc1nc2cc(CN3C=CCC3)ccc2c2c1CC(C)(C)C2.CCC. The molecular weight excluding hydrogens is 366 g/mol. The number of nitrogens with zero attached hydrogens (tertiary/aromatic N) is 2. The summed E-state index contributed by atoms with van der Waals surface area (Å²) in [4.78, 5) is 7.49. The molecule has 1 aliphatic carbocycles. The molecule has 3 nitrogen and oxygen atoms in total. The van der Waals surface area contributed by atoms with E-state index >= 15 is 0 Å². The molecule has 1 aliphatic heterocycles. The molecule has 0 saturated heterocycles. The Hall–Kier alpha value is -2.03. The van der Waals surface area contributed by atoms with Crippen molar-refractivity contribution in [3.8, 4) is 0 Å². The highest BCUT2D eigenvalue weighted by Crippen LogP contribution is 2.42. The average Bonchev–Trinajstić information content (AvgIpc) is 3.28. The van der Waals surface area contributed by atoms with Crippen molar-refractivity contribution in [3.63, 3.8) is 0 Å². The highest BCUT2D eigenvalue weighted by atomic mass is 15.1. The molecule has 0 atom stereocenters. The maximum atomic E-state index is 5.10. The van der Waals surface area contributed by atoms with Gasteiger partial charge in [-0.1, -0.05) is 66.2 Å². The molecule has 0 bridgehead atoms. The second-order valence-electron chi connectivity index (χ2n) is 10.2. The lowest BCUT2D eigenvalue weighted by Gasteiger charge is -2.17. The molecule has 3 heteroatoms. The Labute approximate surface area is 184 Å². The fourth-order valence-corrected chi connectivity index (χ4v) is 4.46. The molecule has 1 aromatic carbocycles. The van der Waals surface area contributed by atoms with Crippen LogP contribution in [0.5, 0.6) is 0 Å². The minimum Gasteiger partial charge on any atom is -0.373 e. The molecule has 0 spiro atoms. The quantitative estimate of drug-likeness (QED) is 0.561. The van der Waals surface area contributed by atoms with Gasteiger partial charge in [-0.2, -0.15) is 0 Å². The van der Waals surface area contributed by atoms with Gasteiger partial charge in [-0.3, -0.25) is 0 Å². The van der Waals surface area contributed by atoms with Crippen LogP contribution in [0.25, 0.3) is 10.9 Å². The van der Waals surface area contributed by atoms with Crippen LogP contribution in [0, 0.1) is 11.3 Å². The molecule has 2 aliphatic rings. The smallest absolute Gasteiger partial charge is 0.130 e. The number of rotatable bonds is 6. The van der Waals surface area contributed by atoms with Gasteiger partial charge in [0.15, 0.2) is 0 Å². The molecule has 0 saturated carbocycles. The van der Waals surface area contributed by atoms with E-state index in [1.165, 1.54) is 41.3 Å². The van der Waals surface area contributed by atoms with Crippen molar-refractivity contribution in [2.75, 3.05) is 18.4 Å². The Morgan fingerprint density at radius 2 is 1.87 bits per heavy atom. The molecule has 2 heterocycles. The third-order valence-corrected chi connectivity index (χ3v) is 5.88. The molecule has 164 valence electrons. The zero-order valence-electron chi connectivity index (χ0n) is 20.0. The van der Waals surface area contributed by atoms with Crippen molar-refractivity contribution in [2.45, 2.75) is 80.2 Å². The first kappa shape index (κ1) is 22.7. The number of hydrogen-bond donors (Lipinski definition) is 1. The Morgan fingerprint density at radius 1 is 1.13 bits per heavy atom. The van der Waals surface area contributed by atoms with Crippen LogP contribution >= 0.6 is 0 Å². The van der Waals surface area contributed by atoms with Crippen molar-refractivity contribution in [3.05, 3.63) is 47.2 Å². The van der Waals surface area contributed by atoms with Gasteiger partial charge in [-0.05, 0) is 66.0 Å². The van der Waals surface area contributed by atoms with E-state index in [4.69, 9.17) is 4.98 Å². The van der Waals surface area contributed by atoms with Crippen molar-refractivity contribution >= 4 is 16.7 Å². The van der Waals surface area contributed by atoms with E-state index in [0.717, 1.165) is 43.8 Å². The van der Waals surface area contributed by atoms with E-state index < -0.39 is 0 Å². The second-order valence-corrected chi connectivity index (χ2v) is 10.2. The Morgan fingerprint density at radius 3 is 2.53 bits per heavy atom. The third-order valence-electron chi connectivity index (χ3n) is 5.88. The zero-order valence-corrected chi connectivity index (χ0v) is 20.0. The number of hydrogen-bond acceptors (Lipinski definition) is 3. The molecule has 30 heavy (non-hydrogen) atoms. The Balaban J connectivity index is 0.000000806. The number of anilines is 1. The van der Waals surface area contributed by atoms with Crippen molar-refractivity contribution in [1.29, 1.82) is 0 Å². The van der Waals surface area contributed by atoms with Crippen molar-refractivity contribution in [1.82, 2.24) is 9.88 Å². The molecule has 0 radical (unpaired) electrons. The minimum absolute atomic E-state index is 0.325. The first-order valence-electron chi connectivity index (χ1n) is 11.9. The summed E-state index contributed by atoms with van der Waals surface area (Å²) in [5.74, 6) is 1.84. The van der Waals surface area contributed by atoms with E-state index in [-0.39, 0.29) is 0 Å². The van der Waals surface area contributed by atoms with Crippen LogP contribution in [0.15, 0.2) is 30.5 Å². The first-order chi connectivity index (χ1) is 14.3. The third kappa shape index (κ3) is 5.56. The van der Waals surface area contributed by atoms with Crippen LogP contribution in [0.2, 0.25) is 0 Å². The predicted octanol–water partition coefficient (Wildman–Crippen LogP) is 6.95. The molecule has 0 unspecified atom stereocenters. The van der Waals surface area contributed by atoms with Gasteiger partial charge in [0.25, 0.3) is 0 Å². The lowest BCUT2D eigenvalue weighted by Crippen LogP contribution is -2.13. The van der Waals surface area contributed by atoms with E-state index in [1.54, 1.807) is 0 Å². The van der Waals surface area contributed by atoms with Crippen molar-refractivity contribution < 1.29 is 0 Å². The minimum atomic E-state index is 0.325. The lowest BCUT2D eigenvalue weighted by atomic mass is 9.90. The van der Waals surface area contributed by atoms with Gasteiger partial charge in [0.2, 0.25) is 0 Å². The fraction of sp³-hybridized carbons (Fsp3) is 0.593. The fourth-order valence-electron chi connectivity index (χ4n) is 4.46. The van der Waals surface area contributed by atoms with Crippen LogP contribution < -0.4 is 5.32 Å². The molecule has 2 aromatic rings. The van der Waals surface area contributed by atoms with Gasteiger partial charge in [0, 0.05) is 25.0 Å². The summed E-state index contributed by atoms with van der Waals surface area (Å²) >= 11 is 0. The summed E-state index contributed by atoms with van der Waals surface area (Å²) in [6.07, 6.45) is 10.3. The van der Waals surface area contributed by atoms with Gasteiger partial charge in [0.1, 0.15) is 5.82 Å². The van der Waals surface area contributed by atoms with Gasteiger partial charge in [-0.25, -0.2) is 4.98 Å². The molecule has 0 fully saturated rings. The molecule has 4 rings (SSSR count). The highest BCUT2D eigenvalue weighted by Gasteiger charge is 2.32. The second kappa shape index (κ2) is 9.85. The Kier molecular flexibility index (Phi) is 7.44. The first-order valence-corrected chi connectivity index (χ1v) is 11.9. The van der Waals surface area contributed by atoms with E-state index in [0.29, 0.717) is 11.3 Å². The Bertz CT molecular complexity index is 879. The maximum absolute atomic E-state index is 5.10.